The number of unbranched alkanes of at least 4 members (excludes halogenated alkanes) is 1. The second-order valence-corrected chi connectivity index (χ2v) is 5.41. The molecule has 1 heterocycles. The molecule has 0 saturated carbocycles. The van der Waals surface area contributed by atoms with Gasteiger partial charge in [-0.25, -0.2) is 0 Å². The van der Waals surface area contributed by atoms with Crippen LogP contribution in [0, 0.1) is 6.92 Å². The van der Waals surface area contributed by atoms with Crippen molar-refractivity contribution in [2.75, 3.05) is 11.4 Å². The van der Waals surface area contributed by atoms with Crippen LogP contribution in [0.15, 0.2) is 24.3 Å². The molecular formula is C16H22N2O2. The van der Waals surface area contributed by atoms with E-state index in [4.69, 9.17) is 0 Å². The SMILES string of the molecule is CCCCC(=O)N[C@@H]1CC(=O)N(c2ccc(C)cc2)C1. The van der Waals surface area contributed by atoms with E-state index < -0.39 is 0 Å². The van der Waals surface area contributed by atoms with E-state index in [1.165, 1.54) is 5.56 Å². The van der Waals surface area contributed by atoms with Gasteiger partial charge in [0.15, 0.2) is 0 Å². The third-order valence-corrected chi connectivity index (χ3v) is 3.59. The number of aryl methyl sites for hydroxylation is 1. The first-order valence-electron chi connectivity index (χ1n) is 7.26. The Bertz CT molecular complexity index is 482. The molecule has 4 nitrogen and oxygen atoms in total. The molecule has 1 aromatic rings. The molecule has 0 aromatic heterocycles. The minimum Gasteiger partial charge on any atom is -0.351 e. The third kappa shape index (κ3) is 3.59. The Labute approximate surface area is 120 Å². The maximum absolute atomic E-state index is 12.0. The molecule has 0 unspecified atom stereocenters. The fraction of sp³-hybridized carbons (Fsp3) is 0.500. The van der Waals surface area contributed by atoms with E-state index in [0.29, 0.717) is 19.4 Å². The molecule has 1 aliphatic heterocycles. The van der Waals surface area contributed by atoms with Crippen molar-refractivity contribution in [2.45, 2.75) is 45.6 Å². The smallest absolute Gasteiger partial charge is 0.229 e. The molecule has 4 heteroatoms. The minimum absolute atomic E-state index is 0.0513. The van der Waals surface area contributed by atoms with E-state index >= 15 is 0 Å². The number of anilines is 1. The van der Waals surface area contributed by atoms with Crippen LogP contribution in [0.3, 0.4) is 0 Å². The summed E-state index contributed by atoms with van der Waals surface area (Å²) >= 11 is 0. The summed E-state index contributed by atoms with van der Waals surface area (Å²) in [5.74, 6) is 0.130. The molecule has 20 heavy (non-hydrogen) atoms. The van der Waals surface area contributed by atoms with E-state index in [1.807, 2.05) is 31.2 Å². The van der Waals surface area contributed by atoms with Crippen LogP contribution in [-0.4, -0.2) is 24.4 Å². The monoisotopic (exact) mass is 274 g/mol. The van der Waals surface area contributed by atoms with Crippen molar-refractivity contribution in [3.05, 3.63) is 29.8 Å². The Morgan fingerprint density at radius 2 is 2.05 bits per heavy atom. The van der Waals surface area contributed by atoms with Gasteiger partial charge >= 0.3 is 0 Å². The number of amides is 2. The van der Waals surface area contributed by atoms with E-state index in [0.717, 1.165) is 18.5 Å². The molecule has 1 N–H and O–H groups in total. The summed E-state index contributed by atoms with van der Waals surface area (Å²) in [6.45, 7) is 4.65. The highest BCUT2D eigenvalue weighted by Gasteiger charge is 2.31. The number of carbonyl (C=O) groups is 2. The van der Waals surface area contributed by atoms with Gasteiger partial charge in [-0.3, -0.25) is 9.59 Å². The number of nitrogens with one attached hydrogen (secondary N) is 1. The Hall–Kier alpha value is -1.84. The van der Waals surface area contributed by atoms with Crippen molar-refractivity contribution in [3.8, 4) is 0 Å². The Kier molecular flexibility index (Phi) is 4.77. The summed E-state index contributed by atoms with van der Waals surface area (Å²) < 4.78 is 0. The van der Waals surface area contributed by atoms with Crippen LogP contribution >= 0.6 is 0 Å². The van der Waals surface area contributed by atoms with Gasteiger partial charge < -0.3 is 10.2 Å². The number of nitrogens with zero attached hydrogens (tertiary/aromatic N) is 1. The number of hydrogen-bond donors (Lipinski definition) is 1. The normalized spacial score (nSPS) is 18.4. The molecule has 1 aromatic carbocycles. The molecule has 0 spiro atoms. The van der Waals surface area contributed by atoms with E-state index in [-0.39, 0.29) is 17.9 Å². The largest absolute Gasteiger partial charge is 0.351 e. The van der Waals surface area contributed by atoms with Crippen LogP contribution in [-0.2, 0) is 9.59 Å². The first-order chi connectivity index (χ1) is 9.60. The van der Waals surface area contributed by atoms with Gasteiger partial charge in [0.25, 0.3) is 0 Å². The van der Waals surface area contributed by atoms with Crippen molar-refractivity contribution >= 4 is 17.5 Å². The van der Waals surface area contributed by atoms with Crippen LogP contribution in [0.5, 0.6) is 0 Å². The van der Waals surface area contributed by atoms with Gasteiger partial charge in [0, 0.05) is 25.1 Å². The Morgan fingerprint density at radius 1 is 1.35 bits per heavy atom. The van der Waals surface area contributed by atoms with Crippen molar-refractivity contribution in [3.63, 3.8) is 0 Å². The predicted molar refractivity (Wildman–Crippen MR) is 79.6 cm³/mol. The highest BCUT2D eigenvalue weighted by molar-refractivity contribution is 5.96. The molecule has 2 rings (SSSR count). The fourth-order valence-electron chi connectivity index (χ4n) is 2.42. The van der Waals surface area contributed by atoms with Gasteiger partial charge in [0.2, 0.25) is 11.8 Å². The zero-order valence-electron chi connectivity index (χ0n) is 12.2. The van der Waals surface area contributed by atoms with Gasteiger partial charge in [-0.15, -0.1) is 0 Å². The van der Waals surface area contributed by atoms with Gasteiger partial charge in [0.1, 0.15) is 0 Å². The lowest BCUT2D eigenvalue weighted by atomic mass is 10.2. The van der Waals surface area contributed by atoms with Crippen molar-refractivity contribution in [2.24, 2.45) is 0 Å². The first-order valence-corrected chi connectivity index (χ1v) is 7.26. The van der Waals surface area contributed by atoms with Crippen LogP contribution in [0.25, 0.3) is 0 Å². The highest BCUT2D eigenvalue weighted by Crippen LogP contribution is 2.22. The summed E-state index contributed by atoms with van der Waals surface area (Å²) in [5, 5.41) is 2.95. The van der Waals surface area contributed by atoms with E-state index in [9.17, 15) is 9.59 Å². The Morgan fingerprint density at radius 3 is 2.70 bits per heavy atom. The summed E-state index contributed by atoms with van der Waals surface area (Å²) in [6, 6.07) is 7.84. The summed E-state index contributed by atoms with van der Waals surface area (Å²) in [7, 11) is 0. The first kappa shape index (κ1) is 14.6. The van der Waals surface area contributed by atoms with Crippen LogP contribution < -0.4 is 10.2 Å². The maximum atomic E-state index is 12.0. The Balaban J connectivity index is 1.93. The molecule has 0 bridgehead atoms. The van der Waals surface area contributed by atoms with Crippen LogP contribution in [0.2, 0.25) is 0 Å². The molecule has 1 aliphatic rings. The van der Waals surface area contributed by atoms with Crippen LogP contribution in [0.1, 0.15) is 38.2 Å². The standard InChI is InChI=1S/C16H22N2O2/c1-3-4-5-15(19)17-13-10-16(20)18(11-13)14-8-6-12(2)7-9-14/h6-9,13H,3-5,10-11H2,1-2H3,(H,17,19)/t13-/m1/s1. The molecule has 2 amide bonds. The van der Waals surface area contributed by atoms with Crippen molar-refractivity contribution in [1.82, 2.24) is 5.32 Å². The molecule has 1 saturated heterocycles. The van der Waals surface area contributed by atoms with Crippen molar-refractivity contribution in [1.29, 1.82) is 0 Å². The summed E-state index contributed by atoms with van der Waals surface area (Å²) in [4.78, 5) is 25.5. The molecular weight excluding hydrogens is 252 g/mol. The average Bonchev–Trinajstić information content (AvgIpc) is 2.78. The molecule has 0 radical (unpaired) electrons. The molecule has 1 fully saturated rings. The number of carbonyl (C=O) groups excluding carboxylic acids is 2. The average molecular weight is 274 g/mol. The molecule has 0 aliphatic carbocycles. The maximum Gasteiger partial charge on any atom is 0.229 e. The van der Waals surface area contributed by atoms with Crippen LogP contribution in [0.4, 0.5) is 5.69 Å². The van der Waals surface area contributed by atoms with Crippen molar-refractivity contribution < 1.29 is 9.59 Å². The number of hydrogen-bond acceptors (Lipinski definition) is 2. The number of rotatable bonds is 5. The molecule has 1 atom stereocenters. The fourth-order valence-corrected chi connectivity index (χ4v) is 2.42. The highest BCUT2D eigenvalue weighted by atomic mass is 16.2. The van der Waals surface area contributed by atoms with Gasteiger partial charge in [0.05, 0.1) is 6.04 Å². The lowest BCUT2D eigenvalue weighted by Gasteiger charge is -2.17. The van der Waals surface area contributed by atoms with Gasteiger partial charge in [-0.2, -0.15) is 0 Å². The topological polar surface area (TPSA) is 49.4 Å². The lowest BCUT2D eigenvalue weighted by Crippen LogP contribution is -2.37. The summed E-state index contributed by atoms with van der Waals surface area (Å²) in [5.41, 5.74) is 2.08. The summed E-state index contributed by atoms with van der Waals surface area (Å²) in [6.07, 6.45) is 2.85. The lowest BCUT2D eigenvalue weighted by molar-refractivity contribution is -0.121. The molecule has 108 valence electrons. The quantitative estimate of drug-likeness (QED) is 0.896. The predicted octanol–water partition coefficient (Wildman–Crippen LogP) is 2.41. The van der Waals surface area contributed by atoms with E-state index in [2.05, 4.69) is 12.2 Å². The van der Waals surface area contributed by atoms with E-state index in [1.54, 1.807) is 4.90 Å². The number of benzene rings is 1. The zero-order chi connectivity index (χ0) is 14.5. The third-order valence-electron chi connectivity index (χ3n) is 3.59. The second kappa shape index (κ2) is 6.55. The minimum atomic E-state index is -0.0619. The van der Waals surface area contributed by atoms with Gasteiger partial charge in [-0.1, -0.05) is 31.0 Å². The zero-order valence-corrected chi connectivity index (χ0v) is 12.2. The second-order valence-electron chi connectivity index (χ2n) is 5.41. The van der Waals surface area contributed by atoms with Gasteiger partial charge in [-0.05, 0) is 25.5 Å².